The molecule has 0 fully saturated rings. The Morgan fingerprint density at radius 3 is 2.59 bits per heavy atom. The van der Waals surface area contributed by atoms with Gasteiger partial charge in [-0.3, -0.25) is 4.79 Å². The van der Waals surface area contributed by atoms with Crippen molar-refractivity contribution < 1.29 is 18.3 Å². The molecule has 1 amide bonds. The minimum Gasteiger partial charge on any atom is -0.488 e. The van der Waals surface area contributed by atoms with Gasteiger partial charge in [0.25, 0.3) is 5.91 Å². The monoisotopic (exact) mass is 372 g/mol. The number of fused-ring (bicyclic) bond motifs is 1. The summed E-state index contributed by atoms with van der Waals surface area (Å²) >= 11 is 0. The lowest BCUT2D eigenvalue weighted by Gasteiger charge is -2.25. The third kappa shape index (κ3) is 4.34. The molecule has 3 rings (SSSR count). The summed E-state index contributed by atoms with van der Waals surface area (Å²) in [5.74, 6) is -0.0232. The van der Waals surface area contributed by atoms with Crippen LogP contribution in [0.4, 0.5) is 8.78 Å². The summed E-state index contributed by atoms with van der Waals surface area (Å²) in [6, 6.07) is 11.0. The number of hydrogen-bond donors (Lipinski definition) is 1. The van der Waals surface area contributed by atoms with E-state index in [1.165, 1.54) is 12.1 Å². The van der Waals surface area contributed by atoms with Crippen LogP contribution in [0.15, 0.2) is 48.0 Å². The fourth-order valence-corrected chi connectivity index (χ4v) is 2.99. The van der Waals surface area contributed by atoms with Crippen molar-refractivity contribution >= 4 is 11.5 Å². The third-order valence-electron chi connectivity index (χ3n) is 4.39. The summed E-state index contributed by atoms with van der Waals surface area (Å²) in [5, 5.41) is 2.89. The fourth-order valence-electron chi connectivity index (χ4n) is 2.99. The van der Waals surface area contributed by atoms with Gasteiger partial charge < -0.3 is 15.0 Å². The number of nitrogens with zero attached hydrogens (tertiary/aromatic N) is 1. The first-order chi connectivity index (χ1) is 13.0. The van der Waals surface area contributed by atoms with Crippen molar-refractivity contribution in [2.75, 3.05) is 33.8 Å². The smallest absolute Gasteiger partial charge is 0.251 e. The van der Waals surface area contributed by atoms with Gasteiger partial charge in [0.2, 0.25) is 0 Å². The molecule has 0 bridgehead atoms. The zero-order valence-corrected chi connectivity index (χ0v) is 15.4. The van der Waals surface area contributed by atoms with Crippen molar-refractivity contribution in [3.63, 3.8) is 0 Å². The number of alkyl halides is 1. The Hall–Kier alpha value is -2.73. The molecule has 2 aromatic carbocycles. The van der Waals surface area contributed by atoms with E-state index in [-0.39, 0.29) is 18.3 Å². The van der Waals surface area contributed by atoms with Crippen molar-refractivity contribution in [1.82, 2.24) is 10.2 Å². The van der Waals surface area contributed by atoms with Gasteiger partial charge in [-0.15, -0.1) is 0 Å². The number of halogens is 2. The Kier molecular flexibility index (Phi) is 5.86. The number of carbonyl (C=O) groups is 1. The van der Waals surface area contributed by atoms with Gasteiger partial charge in [0.1, 0.15) is 24.8 Å². The topological polar surface area (TPSA) is 41.6 Å². The summed E-state index contributed by atoms with van der Waals surface area (Å²) < 4.78 is 32.3. The molecule has 1 aliphatic rings. The molecular formula is C21H22F2N2O2. The molecule has 0 saturated heterocycles. The van der Waals surface area contributed by atoms with Crippen LogP contribution in [0.5, 0.6) is 5.75 Å². The van der Waals surface area contributed by atoms with Crippen LogP contribution in [0.2, 0.25) is 0 Å². The van der Waals surface area contributed by atoms with E-state index in [9.17, 15) is 13.6 Å². The van der Waals surface area contributed by atoms with Gasteiger partial charge in [0.15, 0.2) is 0 Å². The number of likely N-dealkylation sites (N-methyl/N-ethyl adjacent to an activating group) is 1. The first-order valence-electron chi connectivity index (χ1n) is 8.73. The molecule has 27 heavy (non-hydrogen) atoms. The quantitative estimate of drug-likeness (QED) is 0.847. The van der Waals surface area contributed by atoms with Crippen molar-refractivity contribution in [3.05, 3.63) is 70.5 Å². The van der Waals surface area contributed by atoms with Crippen molar-refractivity contribution in [1.29, 1.82) is 0 Å². The van der Waals surface area contributed by atoms with Gasteiger partial charge >= 0.3 is 0 Å². The highest BCUT2D eigenvalue weighted by Crippen LogP contribution is 2.38. The number of ether oxygens (including phenoxy) is 1. The van der Waals surface area contributed by atoms with Crippen LogP contribution in [0.25, 0.3) is 5.57 Å². The summed E-state index contributed by atoms with van der Waals surface area (Å²) in [4.78, 5) is 14.7. The van der Waals surface area contributed by atoms with Crippen LogP contribution in [-0.2, 0) is 11.5 Å². The SMILES string of the molecule is CN(C)CCNC(=O)C1=C(c2ccc(F)cc2)c2cc(CF)ccc2OC1. The summed E-state index contributed by atoms with van der Waals surface area (Å²) in [5.41, 5.74) is 2.92. The van der Waals surface area contributed by atoms with Gasteiger partial charge in [-0.1, -0.05) is 18.2 Å². The van der Waals surface area contributed by atoms with E-state index in [1.54, 1.807) is 30.3 Å². The van der Waals surface area contributed by atoms with Crippen molar-refractivity contribution in [2.24, 2.45) is 0 Å². The molecule has 0 aliphatic carbocycles. The van der Waals surface area contributed by atoms with Crippen LogP contribution >= 0.6 is 0 Å². The largest absolute Gasteiger partial charge is 0.488 e. The van der Waals surface area contributed by atoms with E-state index in [2.05, 4.69) is 5.32 Å². The highest BCUT2D eigenvalue weighted by molar-refractivity contribution is 6.06. The minimum atomic E-state index is -0.617. The van der Waals surface area contributed by atoms with Crippen LogP contribution in [-0.4, -0.2) is 44.6 Å². The predicted molar refractivity (Wildman–Crippen MR) is 101 cm³/mol. The molecule has 0 spiro atoms. The van der Waals surface area contributed by atoms with E-state index in [0.717, 1.165) is 0 Å². The van der Waals surface area contributed by atoms with Gasteiger partial charge in [-0.25, -0.2) is 8.78 Å². The molecule has 1 heterocycles. The molecule has 0 unspecified atom stereocenters. The molecule has 142 valence electrons. The van der Waals surface area contributed by atoms with Gasteiger partial charge in [0, 0.05) is 24.2 Å². The Morgan fingerprint density at radius 2 is 1.93 bits per heavy atom. The molecule has 0 radical (unpaired) electrons. The Bertz CT molecular complexity index is 861. The second kappa shape index (κ2) is 8.31. The molecule has 6 heteroatoms. The normalized spacial score (nSPS) is 13.4. The van der Waals surface area contributed by atoms with E-state index < -0.39 is 6.67 Å². The molecule has 1 N–H and O–H groups in total. The summed E-state index contributed by atoms with van der Waals surface area (Å²) in [6.45, 7) is 0.675. The maximum Gasteiger partial charge on any atom is 0.251 e. The lowest BCUT2D eigenvalue weighted by molar-refractivity contribution is -0.117. The lowest BCUT2D eigenvalue weighted by Crippen LogP contribution is -2.34. The first-order valence-corrected chi connectivity index (χ1v) is 8.73. The average molecular weight is 372 g/mol. The standard InChI is InChI=1S/C21H22F2N2O2/c1-25(2)10-9-24-21(26)18-13-27-19-8-3-14(12-22)11-17(19)20(18)15-4-6-16(23)7-5-15/h3-8,11H,9-10,12-13H2,1-2H3,(H,24,26). The number of rotatable bonds is 6. The van der Waals surface area contributed by atoms with Crippen LogP contribution in [0.3, 0.4) is 0 Å². The van der Waals surface area contributed by atoms with Crippen LogP contribution < -0.4 is 10.1 Å². The number of benzene rings is 2. The minimum absolute atomic E-state index is 0.0997. The van der Waals surface area contributed by atoms with Gasteiger partial charge in [0.05, 0.1) is 5.57 Å². The number of nitrogens with one attached hydrogen (secondary N) is 1. The van der Waals surface area contributed by atoms with Crippen LogP contribution in [0.1, 0.15) is 16.7 Å². The van der Waals surface area contributed by atoms with Gasteiger partial charge in [-0.05, 0) is 49.5 Å². The van der Waals surface area contributed by atoms with E-state index in [4.69, 9.17) is 4.74 Å². The zero-order valence-electron chi connectivity index (χ0n) is 15.4. The van der Waals surface area contributed by atoms with E-state index in [1.807, 2.05) is 19.0 Å². The average Bonchev–Trinajstić information content (AvgIpc) is 2.67. The first kappa shape index (κ1) is 19.0. The van der Waals surface area contributed by atoms with Crippen molar-refractivity contribution in [3.8, 4) is 5.75 Å². The maximum atomic E-state index is 13.4. The molecule has 1 aliphatic heterocycles. The predicted octanol–water partition coefficient (Wildman–Crippen LogP) is 3.17. The second-order valence-corrected chi connectivity index (χ2v) is 6.67. The van der Waals surface area contributed by atoms with Crippen LogP contribution in [0, 0.1) is 5.82 Å². The Morgan fingerprint density at radius 1 is 1.19 bits per heavy atom. The summed E-state index contributed by atoms with van der Waals surface area (Å²) in [7, 11) is 3.85. The lowest BCUT2D eigenvalue weighted by atomic mass is 9.89. The van der Waals surface area contributed by atoms with E-state index >= 15 is 0 Å². The fraction of sp³-hybridized carbons (Fsp3) is 0.286. The number of hydrogen-bond acceptors (Lipinski definition) is 3. The molecular weight excluding hydrogens is 350 g/mol. The van der Waals surface area contributed by atoms with Gasteiger partial charge in [-0.2, -0.15) is 0 Å². The maximum absolute atomic E-state index is 13.4. The Labute approximate surface area is 157 Å². The molecule has 0 atom stereocenters. The highest BCUT2D eigenvalue weighted by atomic mass is 19.1. The number of amides is 1. The Balaban J connectivity index is 2.05. The summed E-state index contributed by atoms with van der Waals surface area (Å²) in [6.07, 6.45) is 0. The second-order valence-electron chi connectivity index (χ2n) is 6.67. The third-order valence-corrected chi connectivity index (χ3v) is 4.39. The molecule has 2 aromatic rings. The van der Waals surface area contributed by atoms with E-state index in [0.29, 0.717) is 46.7 Å². The molecule has 0 saturated carbocycles. The highest BCUT2D eigenvalue weighted by Gasteiger charge is 2.26. The zero-order chi connectivity index (χ0) is 19.4. The van der Waals surface area contributed by atoms with Crippen molar-refractivity contribution in [2.45, 2.75) is 6.67 Å². The number of carbonyl (C=O) groups excluding carboxylic acids is 1. The molecule has 0 aromatic heterocycles. The molecule has 4 nitrogen and oxygen atoms in total.